The Bertz CT molecular complexity index is 515. The molecule has 0 aromatic carbocycles. The highest BCUT2D eigenvalue weighted by Gasteiger charge is 2.30. The van der Waals surface area contributed by atoms with Crippen molar-refractivity contribution in [2.75, 3.05) is 11.9 Å². The zero-order chi connectivity index (χ0) is 14.7. The number of anilines is 1. The molecule has 1 aromatic rings. The van der Waals surface area contributed by atoms with Gasteiger partial charge in [-0.05, 0) is 27.7 Å². The van der Waals surface area contributed by atoms with Gasteiger partial charge in [0.2, 0.25) is 5.82 Å². The quantitative estimate of drug-likeness (QED) is 0.602. The molecule has 0 amide bonds. The van der Waals surface area contributed by atoms with Crippen molar-refractivity contribution in [3.8, 4) is 6.07 Å². The van der Waals surface area contributed by atoms with Crippen molar-refractivity contribution in [3.05, 3.63) is 15.8 Å². The summed E-state index contributed by atoms with van der Waals surface area (Å²) in [6, 6.07) is 1.98. The first-order chi connectivity index (χ1) is 8.81. The second kappa shape index (κ2) is 5.69. The van der Waals surface area contributed by atoms with Crippen LogP contribution in [0.15, 0.2) is 0 Å². The third kappa shape index (κ3) is 2.84. The van der Waals surface area contributed by atoms with Gasteiger partial charge in [-0.3, -0.25) is 10.1 Å². The van der Waals surface area contributed by atoms with Crippen molar-refractivity contribution >= 4 is 11.5 Å². The van der Waals surface area contributed by atoms with Crippen LogP contribution < -0.4 is 4.90 Å². The first-order valence-corrected chi connectivity index (χ1v) is 6.14. The summed E-state index contributed by atoms with van der Waals surface area (Å²) >= 11 is 0. The minimum absolute atomic E-state index is 0.0131. The highest BCUT2D eigenvalue weighted by atomic mass is 16.6. The Balaban J connectivity index is 3.38. The highest BCUT2D eigenvalue weighted by Crippen LogP contribution is 2.34. The van der Waals surface area contributed by atoms with Crippen molar-refractivity contribution in [2.45, 2.75) is 46.2 Å². The van der Waals surface area contributed by atoms with Crippen molar-refractivity contribution < 1.29 is 4.92 Å². The molecular formula is C12H19N5O2. The second-order valence-electron chi connectivity index (χ2n) is 4.88. The van der Waals surface area contributed by atoms with Crippen LogP contribution in [0.3, 0.4) is 0 Å². The summed E-state index contributed by atoms with van der Waals surface area (Å²) in [7, 11) is 1.75. The molecule has 104 valence electrons. The van der Waals surface area contributed by atoms with Gasteiger partial charge in [-0.15, -0.1) is 0 Å². The maximum Gasteiger partial charge on any atom is 0.333 e. The van der Waals surface area contributed by atoms with Crippen molar-refractivity contribution in [1.29, 1.82) is 5.26 Å². The maximum absolute atomic E-state index is 11.2. The molecule has 19 heavy (non-hydrogen) atoms. The maximum atomic E-state index is 11.2. The predicted molar refractivity (Wildman–Crippen MR) is 72.1 cm³/mol. The molecule has 0 aliphatic heterocycles. The lowest BCUT2D eigenvalue weighted by Gasteiger charge is -2.25. The molecule has 0 radical (unpaired) electrons. The van der Waals surface area contributed by atoms with E-state index in [-0.39, 0.29) is 17.8 Å². The van der Waals surface area contributed by atoms with Gasteiger partial charge in [-0.1, -0.05) is 0 Å². The van der Waals surface area contributed by atoms with E-state index in [0.29, 0.717) is 17.9 Å². The Labute approximate surface area is 112 Å². The van der Waals surface area contributed by atoms with Crippen LogP contribution in [0.5, 0.6) is 0 Å². The molecule has 0 bridgehead atoms. The molecule has 1 atom stereocenters. The lowest BCUT2D eigenvalue weighted by Crippen LogP contribution is -2.31. The van der Waals surface area contributed by atoms with Gasteiger partial charge in [-0.2, -0.15) is 10.4 Å². The number of hydrogen-bond donors (Lipinski definition) is 0. The summed E-state index contributed by atoms with van der Waals surface area (Å²) in [6.45, 7) is 7.33. The SMILES string of the molecule is Cc1nn(C(C)C)c(N(C)C(C)CC#N)c1[N+](=O)[O-]. The van der Waals surface area contributed by atoms with Crippen LogP contribution in [0.2, 0.25) is 0 Å². The third-order valence-corrected chi connectivity index (χ3v) is 3.08. The highest BCUT2D eigenvalue weighted by molar-refractivity contribution is 5.61. The average Bonchev–Trinajstić information content (AvgIpc) is 2.66. The molecule has 1 aromatic heterocycles. The van der Waals surface area contributed by atoms with Gasteiger partial charge in [0.25, 0.3) is 0 Å². The topological polar surface area (TPSA) is 88.0 Å². The lowest BCUT2D eigenvalue weighted by molar-refractivity contribution is -0.384. The third-order valence-electron chi connectivity index (χ3n) is 3.08. The number of aromatic nitrogens is 2. The zero-order valence-electron chi connectivity index (χ0n) is 11.9. The smallest absolute Gasteiger partial charge is 0.333 e. The lowest BCUT2D eigenvalue weighted by atomic mass is 10.2. The van der Waals surface area contributed by atoms with E-state index >= 15 is 0 Å². The molecule has 1 unspecified atom stereocenters. The van der Waals surface area contributed by atoms with E-state index in [2.05, 4.69) is 11.2 Å². The van der Waals surface area contributed by atoms with Crippen molar-refractivity contribution in [3.63, 3.8) is 0 Å². The van der Waals surface area contributed by atoms with Crippen LogP contribution in [0.1, 0.15) is 38.9 Å². The number of aryl methyl sites for hydroxylation is 1. The number of nitrogens with zero attached hydrogens (tertiary/aromatic N) is 5. The summed E-state index contributed by atoms with van der Waals surface area (Å²) < 4.78 is 1.64. The number of nitriles is 1. The molecule has 0 saturated carbocycles. The summed E-state index contributed by atoms with van der Waals surface area (Å²) in [5, 5.41) is 24.2. The van der Waals surface area contributed by atoms with Crippen LogP contribution in [0, 0.1) is 28.4 Å². The molecule has 1 rings (SSSR count). The fraction of sp³-hybridized carbons (Fsp3) is 0.667. The Morgan fingerprint density at radius 3 is 2.53 bits per heavy atom. The molecule has 7 nitrogen and oxygen atoms in total. The number of nitro groups is 1. The molecule has 0 aliphatic rings. The minimum atomic E-state index is -0.411. The molecule has 0 aliphatic carbocycles. The molecule has 0 fully saturated rings. The Kier molecular flexibility index (Phi) is 4.48. The monoisotopic (exact) mass is 265 g/mol. The van der Waals surface area contributed by atoms with Gasteiger partial charge < -0.3 is 4.90 Å². The predicted octanol–water partition coefficient (Wildman–Crippen LogP) is 2.42. The summed E-state index contributed by atoms with van der Waals surface area (Å²) in [5.41, 5.74) is 0.408. The number of hydrogen-bond acceptors (Lipinski definition) is 5. The van der Waals surface area contributed by atoms with Gasteiger partial charge in [-0.25, -0.2) is 4.68 Å². The van der Waals surface area contributed by atoms with Crippen LogP contribution in [0.4, 0.5) is 11.5 Å². The van der Waals surface area contributed by atoms with Gasteiger partial charge in [0, 0.05) is 19.1 Å². The van der Waals surface area contributed by atoms with E-state index in [1.165, 1.54) is 0 Å². The first kappa shape index (κ1) is 15.0. The second-order valence-corrected chi connectivity index (χ2v) is 4.88. The van der Waals surface area contributed by atoms with Gasteiger partial charge >= 0.3 is 5.69 Å². The van der Waals surface area contributed by atoms with Crippen molar-refractivity contribution in [2.24, 2.45) is 0 Å². The first-order valence-electron chi connectivity index (χ1n) is 6.14. The van der Waals surface area contributed by atoms with E-state index in [1.54, 1.807) is 23.6 Å². The minimum Gasteiger partial charge on any atom is -0.350 e. The normalized spacial score (nSPS) is 12.3. The summed E-state index contributed by atoms with van der Waals surface area (Å²) in [6.07, 6.45) is 0.302. The average molecular weight is 265 g/mol. The van der Waals surface area contributed by atoms with Crippen LogP contribution in [0.25, 0.3) is 0 Å². The van der Waals surface area contributed by atoms with E-state index < -0.39 is 4.92 Å². The standard InChI is InChI=1S/C12H19N5O2/c1-8(2)16-12(15(5)9(3)6-7-13)11(17(18)19)10(4)14-16/h8-9H,6H2,1-5H3. The van der Waals surface area contributed by atoms with Crippen LogP contribution in [-0.2, 0) is 0 Å². The van der Waals surface area contributed by atoms with E-state index in [0.717, 1.165) is 0 Å². The van der Waals surface area contributed by atoms with Gasteiger partial charge in [0.1, 0.15) is 5.69 Å². The molecule has 0 N–H and O–H groups in total. The van der Waals surface area contributed by atoms with E-state index in [4.69, 9.17) is 5.26 Å². The molecule has 0 saturated heterocycles. The molecule has 0 spiro atoms. The molecular weight excluding hydrogens is 246 g/mol. The van der Waals surface area contributed by atoms with Gasteiger partial charge in [0.05, 0.1) is 17.4 Å². The van der Waals surface area contributed by atoms with E-state index in [9.17, 15) is 10.1 Å². The molecule has 1 heterocycles. The molecule has 7 heteroatoms. The summed E-state index contributed by atoms with van der Waals surface area (Å²) in [4.78, 5) is 12.6. The van der Waals surface area contributed by atoms with E-state index in [1.807, 2.05) is 20.8 Å². The fourth-order valence-corrected chi connectivity index (χ4v) is 1.91. The Morgan fingerprint density at radius 2 is 2.11 bits per heavy atom. The Morgan fingerprint density at radius 1 is 1.53 bits per heavy atom. The largest absolute Gasteiger partial charge is 0.350 e. The Hall–Kier alpha value is -2.10. The van der Waals surface area contributed by atoms with Gasteiger partial charge in [0.15, 0.2) is 0 Å². The fourth-order valence-electron chi connectivity index (χ4n) is 1.91. The van der Waals surface area contributed by atoms with Crippen LogP contribution in [-0.4, -0.2) is 27.8 Å². The zero-order valence-corrected chi connectivity index (χ0v) is 11.9. The summed E-state index contributed by atoms with van der Waals surface area (Å²) in [5.74, 6) is 0.459. The van der Waals surface area contributed by atoms with Crippen molar-refractivity contribution in [1.82, 2.24) is 9.78 Å². The number of rotatable bonds is 5. The van der Waals surface area contributed by atoms with Crippen LogP contribution >= 0.6 is 0 Å².